The van der Waals surface area contributed by atoms with Crippen LogP contribution in [0.25, 0.3) is 11.1 Å². The van der Waals surface area contributed by atoms with E-state index in [9.17, 15) is 0 Å². The summed E-state index contributed by atoms with van der Waals surface area (Å²) in [6.45, 7) is 11.1. The fourth-order valence-corrected chi connectivity index (χ4v) is 2.76. The fourth-order valence-electron chi connectivity index (χ4n) is 2.59. The first kappa shape index (κ1) is 15.1. The first-order valence-corrected chi connectivity index (χ1v) is 7.49. The van der Waals surface area contributed by atoms with Crippen LogP contribution in [0.3, 0.4) is 0 Å². The van der Waals surface area contributed by atoms with Gasteiger partial charge < -0.3 is 5.32 Å². The molecule has 0 aliphatic carbocycles. The molecule has 0 aliphatic heterocycles. The van der Waals surface area contributed by atoms with Gasteiger partial charge in [-0.05, 0) is 50.6 Å². The van der Waals surface area contributed by atoms with Crippen LogP contribution >= 0.6 is 11.6 Å². The van der Waals surface area contributed by atoms with Gasteiger partial charge in [0.1, 0.15) is 0 Å². The van der Waals surface area contributed by atoms with Crippen LogP contribution in [-0.4, -0.2) is 16.3 Å². The molecule has 0 saturated carbocycles. The Labute approximate surface area is 126 Å². The summed E-state index contributed by atoms with van der Waals surface area (Å²) in [6, 6.07) is 6.10. The molecular weight excluding hydrogens is 270 g/mol. The molecule has 1 aromatic carbocycles. The van der Waals surface area contributed by atoms with Crippen molar-refractivity contribution in [1.82, 2.24) is 15.1 Å². The Balaban J connectivity index is 2.56. The van der Waals surface area contributed by atoms with Gasteiger partial charge in [-0.3, -0.25) is 4.68 Å². The zero-order valence-corrected chi connectivity index (χ0v) is 13.4. The van der Waals surface area contributed by atoms with Crippen molar-refractivity contribution < 1.29 is 0 Å². The number of benzene rings is 1. The fraction of sp³-hybridized carbons (Fsp3) is 0.438. The van der Waals surface area contributed by atoms with E-state index in [1.54, 1.807) is 0 Å². The molecule has 108 valence electrons. The van der Waals surface area contributed by atoms with Gasteiger partial charge >= 0.3 is 0 Å². The highest BCUT2D eigenvalue weighted by Crippen LogP contribution is 2.32. The molecule has 0 aliphatic rings. The predicted molar refractivity (Wildman–Crippen MR) is 85.2 cm³/mol. The lowest BCUT2D eigenvalue weighted by Crippen LogP contribution is -2.12. The van der Waals surface area contributed by atoms with Crippen molar-refractivity contribution >= 4 is 11.6 Å². The third kappa shape index (κ3) is 2.89. The summed E-state index contributed by atoms with van der Waals surface area (Å²) < 4.78 is 2.04. The van der Waals surface area contributed by atoms with Crippen molar-refractivity contribution in [2.45, 2.75) is 40.8 Å². The second kappa shape index (κ2) is 6.42. The summed E-state index contributed by atoms with van der Waals surface area (Å²) >= 11 is 6.20. The molecule has 0 fully saturated rings. The number of halogens is 1. The summed E-state index contributed by atoms with van der Waals surface area (Å²) in [5.74, 6) is 0. The van der Waals surface area contributed by atoms with E-state index in [0.29, 0.717) is 0 Å². The van der Waals surface area contributed by atoms with Gasteiger partial charge in [-0.15, -0.1) is 0 Å². The molecule has 0 bridgehead atoms. The zero-order chi connectivity index (χ0) is 14.7. The van der Waals surface area contributed by atoms with Gasteiger partial charge in [-0.25, -0.2) is 0 Å². The number of nitrogens with one attached hydrogen (secondary N) is 1. The maximum atomic E-state index is 6.20. The highest BCUT2D eigenvalue weighted by molar-refractivity contribution is 6.30. The molecule has 1 N–H and O–H groups in total. The molecular formula is C16H22ClN3. The van der Waals surface area contributed by atoms with Crippen molar-refractivity contribution in [1.29, 1.82) is 0 Å². The van der Waals surface area contributed by atoms with Gasteiger partial charge in [-0.2, -0.15) is 5.10 Å². The molecule has 20 heavy (non-hydrogen) atoms. The zero-order valence-electron chi connectivity index (χ0n) is 12.6. The SMILES string of the molecule is CCNCc1ccc(Cl)cc1-c1c(C)nn(CC)c1C. The first-order chi connectivity index (χ1) is 9.58. The molecule has 1 heterocycles. The van der Waals surface area contributed by atoms with Crippen molar-refractivity contribution in [2.24, 2.45) is 0 Å². The molecule has 1 aromatic heterocycles. The Morgan fingerprint density at radius 3 is 2.60 bits per heavy atom. The summed E-state index contributed by atoms with van der Waals surface area (Å²) in [5.41, 5.74) is 5.92. The Bertz CT molecular complexity index is 602. The number of hydrogen-bond acceptors (Lipinski definition) is 2. The van der Waals surface area contributed by atoms with Crippen LogP contribution in [0.1, 0.15) is 30.8 Å². The van der Waals surface area contributed by atoms with E-state index >= 15 is 0 Å². The minimum absolute atomic E-state index is 0.767. The van der Waals surface area contributed by atoms with Crippen LogP contribution in [0.2, 0.25) is 5.02 Å². The highest BCUT2D eigenvalue weighted by atomic mass is 35.5. The maximum absolute atomic E-state index is 6.20. The molecule has 0 saturated heterocycles. The van der Waals surface area contributed by atoms with Gasteiger partial charge in [0.25, 0.3) is 0 Å². The molecule has 0 amide bonds. The van der Waals surface area contributed by atoms with Crippen LogP contribution in [0.15, 0.2) is 18.2 Å². The highest BCUT2D eigenvalue weighted by Gasteiger charge is 2.16. The van der Waals surface area contributed by atoms with Crippen LogP contribution in [-0.2, 0) is 13.1 Å². The number of aryl methyl sites for hydroxylation is 2. The average Bonchev–Trinajstić information content (AvgIpc) is 2.72. The smallest absolute Gasteiger partial charge is 0.0675 e. The lowest BCUT2D eigenvalue weighted by atomic mass is 9.98. The Kier molecular flexibility index (Phi) is 4.84. The molecule has 0 unspecified atom stereocenters. The first-order valence-electron chi connectivity index (χ1n) is 7.12. The summed E-state index contributed by atoms with van der Waals surface area (Å²) in [6.07, 6.45) is 0. The lowest BCUT2D eigenvalue weighted by molar-refractivity contribution is 0.634. The minimum atomic E-state index is 0.767. The van der Waals surface area contributed by atoms with Crippen molar-refractivity contribution in [3.63, 3.8) is 0 Å². The summed E-state index contributed by atoms with van der Waals surface area (Å²) in [4.78, 5) is 0. The lowest BCUT2D eigenvalue weighted by Gasteiger charge is -2.11. The van der Waals surface area contributed by atoms with Crippen LogP contribution < -0.4 is 5.32 Å². The van der Waals surface area contributed by atoms with Crippen molar-refractivity contribution in [3.05, 3.63) is 40.2 Å². The molecule has 3 nitrogen and oxygen atoms in total. The Hall–Kier alpha value is -1.32. The number of nitrogens with zero attached hydrogens (tertiary/aromatic N) is 2. The van der Waals surface area contributed by atoms with Gasteiger partial charge in [0, 0.05) is 29.4 Å². The van der Waals surface area contributed by atoms with E-state index in [4.69, 9.17) is 11.6 Å². The largest absolute Gasteiger partial charge is 0.313 e. The maximum Gasteiger partial charge on any atom is 0.0675 e. The van der Waals surface area contributed by atoms with Gasteiger partial charge in [-0.1, -0.05) is 24.6 Å². The standard InChI is InChI=1S/C16H22ClN3/c1-5-18-10-13-7-8-14(17)9-15(13)16-11(3)19-20(6-2)12(16)4/h7-9,18H,5-6,10H2,1-4H3. The van der Waals surface area contributed by atoms with E-state index < -0.39 is 0 Å². The third-order valence-corrected chi connectivity index (χ3v) is 3.82. The molecule has 0 atom stereocenters. The predicted octanol–water partition coefficient (Wildman–Crippen LogP) is 3.95. The normalized spacial score (nSPS) is 11.1. The van der Waals surface area contributed by atoms with E-state index in [1.807, 2.05) is 16.8 Å². The summed E-state index contributed by atoms with van der Waals surface area (Å²) in [5, 5.41) is 8.76. The molecule has 4 heteroatoms. The van der Waals surface area contributed by atoms with Gasteiger partial charge in [0.2, 0.25) is 0 Å². The molecule has 0 radical (unpaired) electrons. The number of aromatic nitrogens is 2. The van der Waals surface area contributed by atoms with Gasteiger partial charge in [0.05, 0.1) is 5.69 Å². The van der Waals surface area contributed by atoms with Crippen molar-refractivity contribution in [3.8, 4) is 11.1 Å². The molecule has 2 aromatic rings. The topological polar surface area (TPSA) is 29.9 Å². The average molecular weight is 292 g/mol. The number of hydrogen-bond donors (Lipinski definition) is 1. The van der Waals surface area contributed by atoms with E-state index in [0.717, 1.165) is 30.4 Å². The van der Waals surface area contributed by atoms with E-state index in [-0.39, 0.29) is 0 Å². The van der Waals surface area contributed by atoms with Crippen LogP contribution in [0.5, 0.6) is 0 Å². The monoisotopic (exact) mass is 291 g/mol. The summed E-state index contributed by atoms with van der Waals surface area (Å²) in [7, 11) is 0. The molecule has 0 spiro atoms. The Morgan fingerprint density at radius 1 is 1.25 bits per heavy atom. The van der Waals surface area contributed by atoms with Crippen LogP contribution in [0.4, 0.5) is 0 Å². The van der Waals surface area contributed by atoms with Gasteiger partial charge in [0.15, 0.2) is 0 Å². The minimum Gasteiger partial charge on any atom is -0.313 e. The quantitative estimate of drug-likeness (QED) is 0.904. The van der Waals surface area contributed by atoms with E-state index in [2.05, 4.69) is 44.2 Å². The van der Waals surface area contributed by atoms with Crippen molar-refractivity contribution in [2.75, 3.05) is 6.54 Å². The second-order valence-electron chi connectivity index (χ2n) is 4.94. The molecule has 2 rings (SSSR count). The Morgan fingerprint density at radius 2 is 2.00 bits per heavy atom. The number of rotatable bonds is 5. The van der Waals surface area contributed by atoms with E-state index in [1.165, 1.54) is 22.4 Å². The van der Waals surface area contributed by atoms with Crippen LogP contribution in [0, 0.1) is 13.8 Å². The second-order valence-corrected chi connectivity index (χ2v) is 5.38. The third-order valence-electron chi connectivity index (χ3n) is 3.59.